The summed E-state index contributed by atoms with van der Waals surface area (Å²) in [5.74, 6) is -1.95. The second kappa shape index (κ2) is 10.1. The number of pyridine rings is 2. The number of nitriles is 1. The Labute approximate surface area is 206 Å². The zero-order valence-corrected chi connectivity index (χ0v) is 20.2. The van der Waals surface area contributed by atoms with Gasteiger partial charge in [0.15, 0.2) is 0 Å². The first-order chi connectivity index (χ1) is 15.4. The van der Waals surface area contributed by atoms with Crippen molar-refractivity contribution >= 4 is 0 Å². The van der Waals surface area contributed by atoms with E-state index in [1.165, 1.54) is 0 Å². The first-order valence-electron chi connectivity index (χ1n) is 10.1. The van der Waals surface area contributed by atoms with Gasteiger partial charge in [0.05, 0.1) is 23.4 Å². The third-order valence-electron chi connectivity index (χ3n) is 5.38. The van der Waals surface area contributed by atoms with Gasteiger partial charge in [0, 0.05) is 22.7 Å². The maximum absolute atomic E-state index is 14.3. The number of hydrogen-bond donors (Lipinski definition) is 0. The normalized spacial score (nSPS) is 11.8. The molecule has 3 nitrogen and oxygen atoms in total. The molecule has 33 heavy (non-hydrogen) atoms. The number of rotatable bonds is 5. The molecule has 2 aromatic carbocycles. The molecular formula is C27H19F2N3Pt. The van der Waals surface area contributed by atoms with Crippen molar-refractivity contribution in [2.24, 2.45) is 0 Å². The van der Waals surface area contributed by atoms with Crippen molar-refractivity contribution in [1.29, 1.82) is 5.26 Å². The van der Waals surface area contributed by atoms with Crippen LogP contribution in [0.1, 0.15) is 42.4 Å². The Morgan fingerprint density at radius 2 is 1.67 bits per heavy atom. The predicted octanol–water partition coefficient (Wildman–Crippen LogP) is 6.00. The van der Waals surface area contributed by atoms with Gasteiger partial charge in [0.1, 0.15) is 0 Å². The Bertz CT molecular complexity index is 1300. The van der Waals surface area contributed by atoms with Gasteiger partial charge in [-0.25, -0.2) is 0 Å². The molecule has 2 heterocycles. The maximum Gasteiger partial charge on any atom is 2.00 e. The molecule has 0 aliphatic rings. The number of nitrogens with zero attached hydrogens (tertiary/aromatic N) is 3. The van der Waals surface area contributed by atoms with Crippen LogP contribution < -0.4 is 0 Å². The van der Waals surface area contributed by atoms with E-state index < -0.39 is 23.0 Å². The van der Waals surface area contributed by atoms with Gasteiger partial charge in [-0.15, -0.1) is 17.7 Å². The summed E-state index contributed by atoms with van der Waals surface area (Å²) in [5.41, 5.74) is 2.58. The fourth-order valence-electron chi connectivity index (χ4n) is 3.54. The summed E-state index contributed by atoms with van der Waals surface area (Å²) in [7, 11) is 0. The Morgan fingerprint density at radius 1 is 0.939 bits per heavy atom. The van der Waals surface area contributed by atoms with Gasteiger partial charge in [-0.3, -0.25) is 13.8 Å². The molecule has 0 amide bonds. The molecule has 0 saturated carbocycles. The van der Waals surface area contributed by atoms with Crippen LogP contribution in [0, 0.1) is 35.1 Å². The van der Waals surface area contributed by atoms with Gasteiger partial charge >= 0.3 is 21.1 Å². The molecule has 0 radical (unpaired) electrons. The quantitative estimate of drug-likeness (QED) is 0.258. The van der Waals surface area contributed by atoms with E-state index in [0.29, 0.717) is 17.1 Å². The second-order valence-corrected chi connectivity index (χ2v) is 7.90. The summed E-state index contributed by atoms with van der Waals surface area (Å²) in [6, 6.07) is 28.1. The summed E-state index contributed by atoms with van der Waals surface area (Å²) in [4.78, 5) is 9.42. The number of hydrogen-bond acceptors (Lipinski definition) is 3. The van der Waals surface area contributed by atoms with Gasteiger partial charge < -0.3 is 4.98 Å². The van der Waals surface area contributed by atoms with Crippen LogP contribution in [0.3, 0.4) is 0 Å². The number of aromatic nitrogens is 2. The third kappa shape index (κ3) is 5.07. The Balaban J connectivity index is 0.00000306. The van der Waals surface area contributed by atoms with Crippen LogP contribution in [0.15, 0.2) is 72.8 Å². The molecule has 0 aliphatic heterocycles. The summed E-state index contributed by atoms with van der Waals surface area (Å²) in [6.45, 7) is 3.93. The molecule has 0 aliphatic carbocycles. The minimum Gasteiger partial charge on any atom is -0.300 e. The Morgan fingerprint density at radius 3 is 2.33 bits per heavy atom. The Kier molecular flexibility index (Phi) is 7.51. The van der Waals surface area contributed by atoms with E-state index in [0.717, 1.165) is 23.4 Å². The van der Waals surface area contributed by atoms with Crippen LogP contribution in [0.4, 0.5) is 8.78 Å². The van der Waals surface area contributed by atoms with Crippen LogP contribution in [-0.4, -0.2) is 9.97 Å². The van der Waals surface area contributed by atoms with Crippen molar-refractivity contribution in [3.63, 3.8) is 0 Å². The molecule has 0 saturated heterocycles. The number of benzene rings is 2. The van der Waals surface area contributed by atoms with Gasteiger partial charge in [0.2, 0.25) is 0 Å². The minimum absolute atomic E-state index is 0. The second-order valence-electron chi connectivity index (χ2n) is 7.90. The van der Waals surface area contributed by atoms with Gasteiger partial charge in [-0.05, 0) is 37.7 Å². The first kappa shape index (κ1) is 24.4. The number of halogens is 2. The molecule has 1 unspecified atom stereocenters. The van der Waals surface area contributed by atoms with Crippen molar-refractivity contribution in [3.8, 4) is 17.3 Å². The fourth-order valence-corrected chi connectivity index (χ4v) is 3.54. The third-order valence-corrected chi connectivity index (χ3v) is 5.38. The molecule has 0 spiro atoms. The van der Waals surface area contributed by atoms with E-state index in [-0.39, 0.29) is 26.6 Å². The smallest absolute Gasteiger partial charge is 0.300 e. The van der Waals surface area contributed by atoms with Crippen molar-refractivity contribution in [3.05, 3.63) is 119 Å². The molecule has 4 rings (SSSR count). The van der Waals surface area contributed by atoms with Crippen molar-refractivity contribution in [2.45, 2.75) is 25.2 Å². The van der Waals surface area contributed by atoms with E-state index >= 15 is 0 Å². The molecule has 0 bridgehead atoms. The first-order valence-corrected chi connectivity index (χ1v) is 10.1. The molecule has 166 valence electrons. The van der Waals surface area contributed by atoms with Crippen molar-refractivity contribution in [1.82, 2.24) is 9.97 Å². The molecular weight excluding hydrogens is 599 g/mol. The van der Waals surface area contributed by atoms with Crippen LogP contribution in [0.5, 0.6) is 0 Å². The van der Waals surface area contributed by atoms with Crippen LogP contribution >= 0.6 is 0 Å². The molecule has 2 aromatic heterocycles. The summed E-state index contributed by atoms with van der Waals surface area (Å²) >= 11 is 0. The van der Waals surface area contributed by atoms with Gasteiger partial charge in [-0.1, -0.05) is 29.8 Å². The average molecular weight is 619 g/mol. The van der Waals surface area contributed by atoms with Gasteiger partial charge in [0.25, 0.3) is 0 Å². The van der Waals surface area contributed by atoms with Gasteiger partial charge in [-0.2, -0.15) is 35.6 Å². The summed E-state index contributed by atoms with van der Waals surface area (Å²) in [5, 5.41) is 9.76. The topological polar surface area (TPSA) is 49.6 Å². The fraction of sp³-hybridized carbons (Fsp3) is 0.148. The van der Waals surface area contributed by atoms with Crippen molar-refractivity contribution in [2.75, 3.05) is 0 Å². The van der Waals surface area contributed by atoms with Crippen molar-refractivity contribution < 1.29 is 29.8 Å². The zero-order valence-electron chi connectivity index (χ0n) is 17.9. The molecule has 0 fully saturated rings. The van der Waals surface area contributed by atoms with E-state index in [1.807, 2.05) is 56.3 Å². The van der Waals surface area contributed by atoms with Crippen LogP contribution in [-0.2, 0) is 26.5 Å². The SMILES string of the molecule is CC(C)(c1cccc(-c2[c-]cc(F)cc2F)n1)c1cccc(C(C#N)c2[c-]cccc2)n1.[Pt+2]. The minimum atomic E-state index is -0.719. The molecule has 6 heteroatoms. The average Bonchev–Trinajstić information content (AvgIpc) is 2.81. The van der Waals surface area contributed by atoms with E-state index in [2.05, 4.69) is 23.2 Å². The van der Waals surface area contributed by atoms with E-state index in [1.54, 1.807) is 18.2 Å². The van der Waals surface area contributed by atoms with E-state index in [4.69, 9.17) is 4.98 Å². The van der Waals surface area contributed by atoms with Crippen LogP contribution in [0.25, 0.3) is 11.3 Å². The molecule has 0 N–H and O–H groups in total. The summed E-state index contributed by atoms with van der Waals surface area (Å²) in [6.07, 6.45) is 0. The van der Waals surface area contributed by atoms with Crippen LogP contribution in [0.2, 0.25) is 0 Å². The zero-order chi connectivity index (χ0) is 22.7. The Hall–Kier alpha value is -3.22. The molecule has 4 aromatic rings. The molecule has 1 atom stereocenters. The van der Waals surface area contributed by atoms with E-state index in [9.17, 15) is 14.0 Å². The maximum atomic E-state index is 14.3. The summed E-state index contributed by atoms with van der Waals surface area (Å²) < 4.78 is 27.6. The predicted molar refractivity (Wildman–Crippen MR) is 118 cm³/mol. The largest absolute Gasteiger partial charge is 2.00 e. The monoisotopic (exact) mass is 618 g/mol. The standard InChI is InChI=1S/C27H19F2N3.Pt/c1-27(2,25-12-6-10-23(31-25)20-15-14-19(28)16-22(20)29)26-13-7-11-24(32-26)21(17-30)18-8-4-3-5-9-18;/h3-8,10-14,16,21H,1-2H3;/q-2;+2.